The van der Waals surface area contributed by atoms with Crippen LogP contribution in [0.2, 0.25) is 0 Å². The maximum absolute atomic E-state index is 2.51. The molecule has 0 fully saturated rings. The first-order valence-corrected chi connectivity index (χ1v) is 20.3. The summed E-state index contributed by atoms with van der Waals surface area (Å²) in [5.74, 6) is 0. The van der Waals surface area contributed by atoms with E-state index in [0.717, 1.165) is 11.4 Å². The third-order valence-electron chi connectivity index (χ3n) is 10.9. The van der Waals surface area contributed by atoms with Gasteiger partial charge in [0.25, 0.3) is 0 Å². The van der Waals surface area contributed by atoms with Gasteiger partial charge in [0.2, 0.25) is 0 Å². The van der Waals surface area contributed by atoms with Crippen LogP contribution in [0.1, 0.15) is 0 Å². The smallest absolute Gasteiger partial charge is 0.0555 e. The molecule has 0 atom stereocenters. The Kier molecular flexibility index (Phi) is 7.61. The molecule has 1 nitrogen and oxygen atoms in total. The Morgan fingerprint density at radius 2 is 0.818 bits per heavy atom. The quantitative estimate of drug-likeness (QED) is 0.164. The van der Waals surface area contributed by atoms with Gasteiger partial charge >= 0.3 is 0 Å². The number of hydrogen-bond acceptors (Lipinski definition) is 3. The number of hydrogen-bond donors (Lipinski definition) is 0. The number of nitrogens with zero attached hydrogens (tertiary/aromatic N) is 1. The predicted octanol–water partition coefficient (Wildman–Crippen LogP) is 16.0. The van der Waals surface area contributed by atoms with Gasteiger partial charge in [-0.3, -0.25) is 0 Å². The zero-order valence-corrected chi connectivity index (χ0v) is 31.4. The molecule has 0 aliphatic carbocycles. The van der Waals surface area contributed by atoms with Crippen molar-refractivity contribution in [2.75, 3.05) is 4.90 Å². The van der Waals surface area contributed by atoms with Crippen LogP contribution in [0.15, 0.2) is 200 Å². The zero-order valence-electron chi connectivity index (χ0n) is 29.8. The van der Waals surface area contributed by atoms with Crippen molar-refractivity contribution < 1.29 is 0 Å². The van der Waals surface area contributed by atoms with Gasteiger partial charge in [-0.1, -0.05) is 152 Å². The molecule has 0 saturated heterocycles. The van der Waals surface area contributed by atoms with Crippen LogP contribution in [0.3, 0.4) is 0 Å². The number of para-hydroxylation sites is 1. The Bertz CT molecular complexity index is 3220. The molecular weight excluding hydrogens is 703 g/mol. The highest BCUT2D eigenvalue weighted by atomic mass is 32.1. The maximum atomic E-state index is 2.51. The molecule has 2 heterocycles. The summed E-state index contributed by atoms with van der Waals surface area (Å²) in [5, 5.41) is 7.67. The van der Waals surface area contributed by atoms with Gasteiger partial charge < -0.3 is 4.90 Å². The van der Waals surface area contributed by atoms with Crippen LogP contribution >= 0.6 is 22.7 Å². The van der Waals surface area contributed by atoms with Crippen molar-refractivity contribution in [2.45, 2.75) is 0 Å². The Labute approximate surface area is 327 Å². The van der Waals surface area contributed by atoms with Gasteiger partial charge in [-0.15, -0.1) is 22.7 Å². The van der Waals surface area contributed by atoms with Gasteiger partial charge in [-0.2, -0.15) is 0 Å². The minimum Gasteiger partial charge on any atom is -0.309 e. The Morgan fingerprint density at radius 1 is 0.309 bits per heavy atom. The Morgan fingerprint density at radius 3 is 1.60 bits per heavy atom. The van der Waals surface area contributed by atoms with E-state index in [1.54, 1.807) is 0 Å². The summed E-state index contributed by atoms with van der Waals surface area (Å²) in [4.78, 5) is 2.51. The second kappa shape index (κ2) is 13.1. The van der Waals surface area contributed by atoms with Crippen LogP contribution in [-0.2, 0) is 0 Å². The largest absolute Gasteiger partial charge is 0.309 e. The molecule has 2 aromatic heterocycles. The fourth-order valence-electron chi connectivity index (χ4n) is 8.50. The highest BCUT2D eigenvalue weighted by Gasteiger charge is 2.23. The Hall–Kier alpha value is -6.52. The molecular formula is C52H33NS2. The van der Waals surface area contributed by atoms with Gasteiger partial charge in [0.05, 0.1) is 11.4 Å². The van der Waals surface area contributed by atoms with Crippen molar-refractivity contribution in [1.82, 2.24) is 0 Å². The highest BCUT2D eigenvalue weighted by Crippen LogP contribution is 2.49. The van der Waals surface area contributed by atoms with Crippen LogP contribution in [0.25, 0.3) is 84.5 Å². The molecule has 0 amide bonds. The number of anilines is 3. The number of thiophene rings is 2. The first kappa shape index (κ1) is 32.0. The molecule has 3 heteroatoms. The van der Waals surface area contributed by atoms with Crippen LogP contribution in [0.5, 0.6) is 0 Å². The molecule has 0 radical (unpaired) electrons. The third-order valence-corrected chi connectivity index (χ3v) is 13.1. The van der Waals surface area contributed by atoms with Gasteiger partial charge in [-0.05, 0) is 87.1 Å². The van der Waals surface area contributed by atoms with E-state index in [-0.39, 0.29) is 0 Å². The van der Waals surface area contributed by atoms with E-state index < -0.39 is 0 Å². The van der Waals surface area contributed by atoms with Gasteiger partial charge in [0.15, 0.2) is 0 Å². The van der Waals surface area contributed by atoms with E-state index in [2.05, 4.69) is 205 Å². The lowest BCUT2D eigenvalue weighted by Gasteiger charge is -2.29. The first-order chi connectivity index (χ1) is 27.3. The average Bonchev–Trinajstić information content (AvgIpc) is 3.83. The molecule has 11 rings (SSSR count). The number of fused-ring (bicyclic) bond motifs is 7. The van der Waals surface area contributed by atoms with E-state index in [1.165, 1.54) is 90.2 Å². The SMILES string of the molecule is c1ccc(-c2cccc3cccc(-c4ccccc4N(c4cccc(-c5cccc6sc7ccccc7c56)c4)c4cccc5sc6ccccc6c45)c23)cc1. The van der Waals surface area contributed by atoms with E-state index in [1.807, 2.05) is 22.7 Å². The standard InChI is InChI=1S/C52H33NS2/c1-2-15-34(16-3-1)38-24-11-17-35-18-12-26-41(50(35)38)40-21-4-7-27-44(40)53(45-28-14-32-49-52(45)43-23-6-9-30-47(43)55-49)37-20-10-19-36(33-37)39-25-13-31-48-51(39)42-22-5-8-29-46(42)54-48/h1-33H. The normalized spacial score (nSPS) is 11.6. The molecule has 9 aromatic carbocycles. The van der Waals surface area contributed by atoms with Crippen molar-refractivity contribution in [1.29, 1.82) is 0 Å². The summed E-state index contributed by atoms with van der Waals surface area (Å²) >= 11 is 3.73. The molecule has 0 saturated carbocycles. The minimum absolute atomic E-state index is 1.12. The summed E-state index contributed by atoms with van der Waals surface area (Å²) in [6.45, 7) is 0. The predicted molar refractivity (Wildman–Crippen MR) is 241 cm³/mol. The van der Waals surface area contributed by atoms with Crippen LogP contribution in [0, 0.1) is 0 Å². The lowest BCUT2D eigenvalue weighted by Crippen LogP contribution is -2.12. The lowest BCUT2D eigenvalue weighted by atomic mass is 9.90. The van der Waals surface area contributed by atoms with Crippen molar-refractivity contribution in [3.05, 3.63) is 200 Å². The minimum atomic E-state index is 1.12. The van der Waals surface area contributed by atoms with Gasteiger partial charge in [-0.25, -0.2) is 0 Å². The van der Waals surface area contributed by atoms with E-state index in [0.29, 0.717) is 0 Å². The van der Waals surface area contributed by atoms with E-state index in [9.17, 15) is 0 Å². The molecule has 0 aliphatic rings. The van der Waals surface area contributed by atoms with Crippen LogP contribution in [-0.4, -0.2) is 0 Å². The molecule has 0 unspecified atom stereocenters. The van der Waals surface area contributed by atoms with Crippen molar-refractivity contribution in [2.24, 2.45) is 0 Å². The third kappa shape index (κ3) is 5.27. The van der Waals surface area contributed by atoms with Crippen molar-refractivity contribution in [3.63, 3.8) is 0 Å². The molecule has 0 aliphatic heterocycles. The molecule has 258 valence electrons. The fourth-order valence-corrected chi connectivity index (χ4v) is 10.8. The monoisotopic (exact) mass is 735 g/mol. The topological polar surface area (TPSA) is 3.24 Å². The van der Waals surface area contributed by atoms with Crippen molar-refractivity contribution in [3.8, 4) is 33.4 Å². The summed E-state index contributed by atoms with van der Waals surface area (Å²) < 4.78 is 5.21. The zero-order chi connectivity index (χ0) is 36.3. The first-order valence-electron chi connectivity index (χ1n) is 18.7. The summed E-state index contributed by atoms with van der Waals surface area (Å²) in [6.07, 6.45) is 0. The summed E-state index contributed by atoms with van der Waals surface area (Å²) in [6, 6.07) is 73.5. The molecule has 0 N–H and O–H groups in total. The number of benzene rings is 9. The Balaban J connectivity index is 1.20. The molecule has 11 aromatic rings. The van der Waals surface area contributed by atoms with E-state index >= 15 is 0 Å². The summed E-state index contributed by atoms with van der Waals surface area (Å²) in [5.41, 5.74) is 10.7. The van der Waals surface area contributed by atoms with E-state index in [4.69, 9.17) is 0 Å². The van der Waals surface area contributed by atoms with Crippen LogP contribution in [0.4, 0.5) is 17.1 Å². The second-order valence-corrected chi connectivity index (χ2v) is 16.2. The number of rotatable bonds is 6. The van der Waals surface area contributed by atoms with Gasteiger partial charge in [0.1, 0.15) is 0 Å². The average molecular weight is 736 g/mol. The maximum Gasteiger partial charge on any atom is 0.0555 e. The summed E-state index contributed by atoms with van der Waals surface area (Å²) in [7, 11) is 0. The fraction of sp³-hybridized carbons (Fsp3) is 0. The lowest BCUT2D eigenvalue weighted by molar-refractivity contribution is 1.30. The molecule has 0 spiro atoms. The molecule has 0 bridgehead atoms. The second-order valence-electron chi connectivity index (χ2n) is 14.0. The molecule has 55 heavy (non-hydrogen) atoms. The van der Waals surface area contributed by atoms with Crippen LogP contribution < -0.4 is 4.90 Å². The highest BCUT2D eigenvalue weighted by molar-refractivity contribution is 7.26. The van der Waals surface area contributed by atoms with Gasteiger partial charge in [0, 0.05) is 51.6 Å². The van der Waals surface area contributed by atoms with Crippen molar-refractivity contribution >= 4 is 90.9 Å².